The predicted molar refractivity (Wildman–Crippen MR) is 85.3 cm³/mol. The molecular weight excluding hydrogens is 246 g/mol. The number of hydrogen-bond acceptors (Lipinski definition) is 2. The summed E-state index contributed by atoms with van der Waals surface area (Å²) in [6, 6.07) is 9.52. The Morgan fingerprint density at radius 3 is 2.40 bits per heavy atom. The van der Waals surface area contributed by atoms with E-state index in [-0.39, 0.29) is 0 Å². The van der Waals surface area contributed by atoms with Crippen molar-refractivity contribution in [3.63, 3.8) is 0 Å². The molecule has 0 aromatic heterocycles. The van der Waals surface area contributed by atoms with E-state index in [1.165, 1.54) is 24.0 Å². The summed E-state index contributed by atoms with van der Waals surface area (Å²) in [6.45, 7) is 9.84. The van der Waals surface area contributed by atoms with Crippen molar-refractivity contribution in [3.05, 3.63) is 35.4 Å². The summed E-state index contributed by atoms with van der Waals surface area (Å²) < 4.78 is 6.05. The normalized spacial score (nSPS) is 24.2. The first-order valence-corrected chi connectivity index (χ1v) is 8.07. The molecule has 0 amide bonds. The van der Waals surface area contributed by atoms with Gasteiger partial charge < -0.3 is 10.1 Å². The van der Waals surface area contributed by atoms with E-state index in [9.17, 15) is 0 Å². The van der Waals surface area contributed by atoms with Crippen LogP contribution in [0.25, 0.3) is 0 Å². The summed E-state index contributed by atoms with van der Waals surface area (Å²) in [7, 11) is 0. The zero-order chi connectivity index (χ0) is 14.5. The summed E-state index contributed by atoms with van der Waals surface area (Å²) in [6.07, 6.45) is 4.23. The third-order valence-corrected chi connectivity index (χ3v) is 4.28. The van der Waals surface area contributed by atoms with Crippen molar-refractivity contribution in [3.8, 4) is 0 Å². The van der Waals surface area contributed by atoms with Crippen molar-refractivity contribution in [2.75, 3.05) is 6.54 Å². The van der Waals surface area contributed by atoms with Crippen LogP contribution in [0, 0.1) is 0 Å². The van der Waals surface area contributed by atoms with Gasteiger partial charge in [-0.3, -0.25) is 0 Å². The fourth-order valence-corrected chi connectivity index (χ4v) is 3.02. The third-order valence-electron chi connectivity index (χ3n) is 4.28. The molecule has 2 nitrogen and oxygen atoms in total. The molecule has 3 unspecified atom stereocenters. The Morgan fingerprint density at radius 1 is 1.20 bits per heavy atom. The van der Waals surface area contributed by atoms with Gasteiger partial charge in [0.2, 0.25) is 0 Å². The summed E-state index contributed by atoms with van der Waals surface area (Å²) in [5.41, 5.74) is 2.82. The molecule has 0 spiro atoms. The molecule has 20 heavy (non-hydrogen) atoms. The topological polar surface area (TPSA) is 21.3 Å². The summed E-state index contributed by atoms with van der Waals surface area (Å²) in [5.74, 6) is 0.604. The average Bonchev–Trinajstić information content (AvgIpc) is 2.85. The molecule has 2 rings (SSSR count). The standard InChI is InChI=1S/C18H29NO/c1-5-19-17(18-11-6-14(4)20-18)12-15-7-9-16(10-8-15)13(2)3/h7-10,13-14,17-19H,5-6,11-12H2,1-4H3. The molecule has 1 aromatic rings. The molecule has 0 aliphatic carbocycles. The maximum absolute atomic E-state index is 6.05. The van der Waals surface area contributed by atoms with Crippen LogP contribution in [-0.4, -0.2) is 24.8 Å². The molecule has 3 atom stereocenters. The van der Waals surface area contributed by atoms with Gasteiger partial charge in [-0.1, -0.05) is 45.0 Å². The number of benzene rings is 1. The van der Waals surface area contributed by atoms with Gasteiger partial charge in [-0.05, 0) is 49.8 Å². The van der Waals surface area contributed by atoms with Crippen LogP contribution in [0.2, 0.25) is 0 Å². The van der Waals surface area contributed by atoms with Crippen LogP contribution in [0.3, 0.4) is 0 Å². The van der Waals surface area contributed by atoms with Gasteiger partial charge in [-0.15, -0.1) is 0 Å². The molecule has 1 aliphatic heterocycles. The van der Waals surface area contributed by atoms with Crippen molar-refractivity contribution in [2.45, 2.75) is 71.1 Å². The second kappa shape index (κ2) is 7.24. The summed E-state index contributed by atoms with van der Waals surface area (Å²) in [4.78, 5) is 0. The van der Waals surface area contributed by atoms with Gasteiger partial charge in [-0.25, -0.2) is 0 Å². The Balaban J connectivity index is 2.00. The minimum Gasteiger partial charge on any atom is -0.374 e. The number of rotatable bonds is 6. The van der Waals surface area contributed by atoms with Crippen LogP contribution in [0.1, 0.15) is 57.6 Å². The van der Waals surface area contributed by atoms with E-state index in [4.69, 9.17) is 4.74 Å². The highest BCUT2D eigenvalue weighted by atomic mass is 16.5. The van der Waals surface area contributed by atoms with E-state index in [1.807, 2.05) is 0 Å². The summed E-state index contributed by atoms with van der Waals surface area (Å²) >= 11 is 0. The van der Waals surface area contributed by atoms with Crippen LogP contribution < -0.4 is 5.32 Å². The predicted octanol–water partition coefficient (Wildman–Crippen LogP) is 3.90. The molecule has 1 fully saturated rings. The van der Waals surface area contributed by atoms with Crippen molar-refractivity contribution < 1.29 is 4.74 Å². The maximum atomic E-state index is 6.05. The van der Waals surface area contributed by atoms with Crippen molar-refractivity contribution in [1.29, 1.82) is 0 Å². The smallest absolute Gasteiger partial charge is 0.0735 e. The Morgan fingerprint density at radius 2 is 1.90 bits per heavy atom. The molecule has 0 radical (unpaired) electrons. The monoisotopic (exact) mass is 275 g/mol. The largest absolute Gasteiger partial charge is 0.374 e. The van der Waals surface area contributed by atoms with Crippen LogP contribution >= 0.6 is 0 Å². The Bertz CT molecular complexity index is 398. The average molecular weight is 275 g/mol. The fourth-order valence-electron chi connectivity index (χ4n) is 3.02. The third kappa shape index (κ3) is 4.07. The molecule has 112 valence electrons. The zero-order valence-electron chi connectivity index (χ0n) is 13.4. The second-order valence-corrected chi connectivity index (χ2v) is 6.33. The lowest BCUT2D eigenvalue weighted by molar-refractivity contribution is 0.0324. The van der Waals surface area contributed by atoms with E-state index >= 15 is 0 Å². The van der Waals surface area contributed by atoms with Crippen LogP contribution in [0.15, 0.2) is 24.3 Å². The van der Waals surface area contributed by atoms with Gasteiger partial charge in [0.25, 0.3) is 0 Å². The van der Waals surface area contributed by atoms with Crippen molar-refractivity contribution >= 4 is 0 Å². The maximum Gasteiger partial charge on any atom is 0.0735 e. The van der Waals surface area contributed by atoms with E-state index < -0.39 is 0 Å². The fraction of sp³-hybridized carbons (Fsp3) is 0.667. The Kier molecular flexibility index (Phi) is 5.62. The van der Waals surface area contributed by atoms with E-state index in [2.05, 4.69) is 57.3 Å². The van der Waals surface area contributed by atoms with E-state index in [0.717, 1.165) is 13.0 Å². The van der Waals surface area contributed by atoms with Crippen molar-refractivity contribution in [1.82, 2.24) is 5.32 Å². The van der Waals surface area contributed by atoms with Gasteiger partial charge in [0.05, 0.1) is 12.2 Å². The number of ether oxygens (including phenoxy) is 1. The van der Waals surface area contributed by atoms with E-state index in [1.54, 1.807) is 0 Å². The molecule has 2 heteroatoms. The van der Waals surface area contributed by atoms with Gasteiger partial charge in [-0.2, -0.15) is 0 Å². The Labute approximate surface area is 123 Å². The molecule has 0 saturated carbocycles. The second-order valence-electron chi connectivity index (χ2n) is 6.33. The molecule has 1 aromatic carbocycles. The van der Waals surface area contributed by atoms with E-state index in [0.29, 0.717) is 24.2 Å². The first-order chi connectivity index (χ1) is 9.60. The van der Waals surface area contributed by atoms with Crippen LogP contribution in [-0.2, 0) is 11.2 Å². The highest BCUT2D eigenvalue weighted by Gasteiger charge is 2.29. The van der Waals surface area contributed by atoms with Gasteiger partial charge in [0.1, 0.15) is 0 Å². The molecule has 1 saturated heterocycles. The molecular formula is C18H29NO. The lowest BCUT2D eigenvalue weighted by Gasteiger charge is -2.24. The lowest BCUT2D eigenvalue weighted by Crippen LogP contribution is -2.41. The number of likely N-dealkylation sites (N-methyl/N-ethyl adjacent to an activating group) is 1. The minimum atomic E-state index is 0.370. The van der Waals surface area contributed by atoms with Crippen molar-refractivity contribution in [2.24, 2.45) is 0 Å². The Hall–Kier alpha value is -0.860. The summed E-state index contributed by atoms with van der Waals surface area (Å²) in [5, 5.41) is 3.61. The van der Waals surface area contributed by atoms with Crippen LogP contribution in [0.5, 0.6) is 0 Å². The van der Waals surface area contributed by atoms with Gasteiger partial charge >= 0.3 is 0 Å². The lowest BCUT2D eigenvalue weighted by atomic mass is 9.96. The first-order valence-electron chi connectivity index (χ1n) is 8.07. The minimum absolute atomic E-state index is 0.370. The quantitative estimate of drug-likeness (QED) is 0.850. The molecule has 1 aliphatic rings. The zero-order valence-corrected chi connectivity index (χ0v) is 13.4. The molecule has 1 heterocycles. The highest BCUT2D eigenvalue weighted by molar-refractivity contribution is 5.25. The molecule has 1 N–H and O–H groups in total. The number of nitrogens with one attached hydrogen (secondary N) is 1. The molecule has 0 bridgehead atoms. The van der Waals surface area contributed by atoms with Gasteiger partial charge in [0.15, 0.2) is 0 Å². The first kappa shape index (κ1) is 15.5. The number of hydrogen-bond donors (Lipinski definition) is 1. The highest BCUT2D eigenvalue weighted by Crippen LogP contribution is 2.24. The van der Waals surface area contributed by atoms with Crippen LogP contribution in [0.4, 0.5) is 0 Å². The van der Waals surface area contributed by atoms with Gasteiger partial charge in [0, 0.05) is 6.04 Å². The SMILES string of the molecule is CCNC(Cc1ccc(C(C)C)cc1)C1CCC(C)O1.